The molecule has 2 amide bonds. The maximum absolute atomic E-state index is 12.4. The van der Waals surface area contributed by atoms with Crippen LogP contribution in [-0.4, -0.2) is 41.1 Å². The monoisotopic (exact) mass is 343 g/mol. The Hall–Kier alpha value is -2.14. The van der Waals surface area contributed by atoms with Gasteiger partial charge in [-0.1, -0.05) is 44.2 Å². The van der Waals surface area contributed by atoms with Gasteiger partial charge in [-0.25, -0.2) is 0 Å². The van der Waals surface area contributed by atoms with Crippen LogP contribution in [0.25, 0.3) is 0 Å². The number of benzene rings is 1. The number of likely N-dealkylation sites (tertiary alicyclic amines) is 1. The molecule has 25 heavy (non-hydrogen) atoms. The summed E-state index contributed by atoms with van der Waals surface area (Å²) in [6.07, 6.45) is 4.23. The normalized spacial score (nSPS) is 23.9. The summed E-state index contributed by atoms with van der Waals surface area (Å²) in [6.45, 7) is 4.20. The van der Waals surface area contributed by atoms with E-state index in [0.29, 0.717) is 18.8 Å². The van der Waals surface area contributed by atoms with Crippen LogP contribution >= 0.6 is 0 Å². The predicted octanol–water partition coefficient (Wildman–Crippen LogP) is 2.50. The summed E-state index contributed by atoms with van der Waals surface area (Å²) in [6, 6.07) is 7.71. The molecular formula is C20H25NO4. The van der Waals surface area contributed by atoms with Gasteiger partial charge >= 0.3 is 0 Å². The van der Waals surface area contributed by atoms with Crippen LogP contribution in [0.15, 0.2) is 36.4 Å². The van der Waals surface area contributed by atoms with Gasteiger partial charge in [0.2, 0.25) is 11.8 Å². The number of β-amino-alcohol motifs (C(OH)–C–C–N with tert-alkyl or cyclic N) is 1. The van der Waals surface area contributed by atoms with Crippen LogP contribution < -0.4 is 4.74 Å². The topological polar surface area (TPSA) is 66.8 Å². The number of nitrogens with zero attached hydrogens (tertiary/aromatic N) is 1. The van der Waals surface area contributed by atoms with Crippen molar-refractivity contribution in [3.63, 3.8) is 0 Å². The van der Waals surface area contributed by atoms with E-state index in [2.05, 4.69) is 13.8 Å². The number of fused-ring (bicyclic) bond motifs is 1. The molecule has 1 N–H and O–H groups in total. The lowest BCUT2D eigenvalue weighted by molar-refractivity contribution is -0.141. The van der Waals surface area contributed by atoms with Crippen molar-refractivity contribution >= 4 is 11.8 Å². The van der Waals surface area contributed by atoms with Gasteiger partial charge in [-0.15, -0.1) is 0 Å². The highest BCUT2D eigenvalue weighted by molar-refractivity contribution is 6.05. The first-order chi connectivity index (χ1) is 12.0. The van der Waals surface area contributed by atoms with Crippen molar-refractivity contribution in [3.8, 4) is 5.75 Å². The van der Waals surface area contributed by atoms with Gasteiger partial charge in [0.05, 0.1) is 18.4 Å². The van der Waals surface area contributed by atoms with Gasteiger partial charge in [-0.2, -0.15) is 0 Å². The number of carbonyl (C=O) groups excluding carboxylic acids is 2. The van der Waals surface area contributed by atoms with Crippen molar-refractivity contribution in [2.75, 3.05) is 13.2 Å². The summed E-state index contributed by atoms with van der Waals surface area (Å²) in [5.41, 5.74) is 1.07. The standard InChI is InChI=1S/C20H25NO4/c1-13(2)15-7-5-6-10-18(15)25-12-14(22)11-21-19(23)16-8-3-4-9-17(16)20(21)24/h3-7,10,13-14,16-17,22H,8-9,11-12H2,1-2H3/t14-,16-,17-/m1/s1. The molecule has 0 spiro atoms. The molecule has 5 heteroatoms. The molecule has 1 aliphatic heterocycles. The zero-order valence-electron chi connectivity index (χ0n) is 14.7. The van der Waals surface area contributed by atoms with Crippen LogP contribution in [0.2, 0.25) is 0 Å². The Kier molecular flexibility index (Phi) is 5.23. The number of aliphatic hydroxyl groups excluding tert-OH is 1. The predicted molar refractivity (Wildman–Crippen MR) is 94.1 cm³/mol. The molecule has 3 atom stereocenters. The van der Waals surface area contributed by atoms with Crippen LogP contribution in [0.5, 0.6) is 5.75 Å². The number of hydrogen-bond acceptors (Lipinski definition) is 4. The van der Waals surface area contributed by atoms with Crippen LogP contribution in [0, 0.1) is 11.8 Å². The summed E-state index contributed by atoms with van der Waals surface area (Å²) in [7, 11) is 0. The van der Waals surface area contributed by atoms with Gasteiger partial charge in [0.25, 0.3) is 0 Å². The van der Waals surface area contributed by atoms with Crippen LogP contribution in [0.3, 0.4) is 0 Å². The number of ether oxygens (including phenoxy) is 1. The maximum atomic E-state index is 12.4. The van der Waals surface area contributed by atoms with Crippen molar-refractivity contribution in [1.82, 2.24) is 4.90 Å². The third kappa shape index (κ3) is 3.61. The Labute approximate surface area is 148 Å². The number of rotatable bonds is 6. The van der Waals surface area contributed by atoms with Crippen LogP contribution in [0.4, 0.5) is 0 Å². The Morgan fingerprint density at radius 3 is 2.32 bits per heavy atom. The summed E-state index contributed by atoms with van der Waals surface area (Å²) in [4.78, 5) is 26.1. The van der Waals surface area contributed by atoms with Crippen LogP contribution in [-0.2, 0) is 9.59 Å². The van der Waals surface area contributed by atoms with Gasteiger partial charge in [-0.05, 0) is 30.4 Å². The molecule has 1 aromatic carbocycles. The molecule has 0 bridgehead atoms. The fourth-order valence-electron chi connectivity index (χ4n) is 3.59. The number of aliphatic hydroxyl groups is 1. The number of carbonyl (C=O) groups is 2. The van der Waals surface area contributed by atoms with E-state index in [0.717, 1.165) is 11.3 Å². The van der Waals surface area contributed by atoms with Gasteiger partial charge in [0.15, 0.2) is 0 Å². The van der Waals surface area contributed by atoms with Crippen molar-refractivity contribution < 1.29 is 19.4 Å². The molecule has 1 saturated heterocycles. The van der Waals surface area contributed by atoms with Crippen molar-refractivity contribution in [2.24, 2.45) is 11.8 Å². The quantitative estimate of drug-likeness (QED) is 0.637. The lowest BCUT2D eigenvalue weighted by atomic mass is 9.85. The summed E-state index contributed by atoms with van der Waals surface area (Å²) < 4.78 is 5.75. The number of hydrogen-bond donors (Lipinski definition) is 1. The molecular weight excluding hydrogens is 318 g/mol. The number of amides is 2. The zero-order valence-corrected chi connectivity index (χ0v) is 14.7. The lowest BCUT2D eigenvalue weighted by Crippen LogP contribution is -2.40. The van der Waals surface area contributed by atoms with E-state index in [4.69, 9.17) is 4.74 Å². The highest BCUT2D eigenvalue weighted by Gasteiger charge is 2.47. The van der Waals surface area contributed by atoms with Crippen LogP contribution in [0.1, 0.15) is 38.2 Å². The fraction of sp³-hybridized carbons (Fsp3) is 0.500. The first kappa shape index (κ1) is 17.7. The van der Waals surface area contributed by atoms with E-state index in [-0.39, 0.29) is 36.8 Å². The Balaban J connectivity index is 1.59. The highest BCUT2D eigenvalue weighted by Crippen LogP contribution is 2.35. The van der Waals surface area contributed by atoms with E-state index in [1.807, 2.05) is 36.4 Å². The Morgan fingerprint density at radius 2 is 1.72 bits per heavy atom. The molecule has 134 valence electrons. The first-order valence-corrected chi connectivity index (χ1v) is 8.89. The minimum atomic E-state index is -0.902. The number of allylic oxidation sites excluding steroid dienone is 2. The summed E-state index contributed by atoms with van der Waals surface area (Å²) in [5.74, 6) is 0.195. The molecule has 2 aliphatic rings. The smallest absolute Gasteiger partial charge is 0.233 e. The second kappa shape index (κ2) is 7.40. The molecule has 1 aliphatic carbocycles. The van der Waals surface area contributed by atoms with Crippen molar-refractivity contribution in [2.45, 2.75) is 38.7 Å². The van der Waals surface area contributed by atoms with E-state index in [9.17, 15) is 14.7 Å². The molecule has 0 unspecified atom stereocenters. The van der Waals surface area contributed by atoms with Crippen molar-refractivity contribution in [1.29, 1.82) is 0 Å². The molecule has 1 heterocycles. The van der Waals surface area contributed by atoms with E-state index in [1.165, 1.54) is 4.90 Å². The average molecular weight is 343 g/mol. The van der Waals surface area contributed by atoms with E-state index < -0.39 is 6.10 Å². The van der Waals surface area contributed by atoms with Gasteiger partial charge in [-0.3, -0.25) is 14.5 Å². The molecule has 0 radical (unpaired) electrons. The molecule has 1 aromatic rings. The highest BCUT2D eigenvalue weighted by atomic mass is 16.5. The van der Waals surface area contributed by atoms with E-state index >= 15 is 0 Å². The molecule has 0 aromatic heterocycles. The second-order valence-corrected chi connectivity index (χ2v) is 7.10. The minimum Gasteiger partial charge on any atom is -0.491 e. The number of para-hydroxylation sites is 1. The van der Waals surface area contributed by atoms with Gasteiger partial charge < -0.3 is 9.84 Å². The van der Waals surface area contributed by atoms with E-state index in [1.54, 1.807) is 0 Å². The van der Waals surface area contributed by atoms with Crippen molar-refractivity contribution in [3.05, 3.63) is 42.0 Å². The maximum Gasteiger partial charge on any atom is 0.233 e. The second-order valence-electron chi connectivity index (χ2n) is 7.10. The molecule has 1 fully saturated rings. The number of imide groups is 1. The first-order valence-electron chi connectivity index (χ1n) is 8.89. The third-order valence-corrected chi connectivity index (χ3v) is 4.96. The van der Waals surface area contributed by atoms with Gasteiger partial charge in [0, 0.05) is 0 Å². The fourth-order valence-corrected chi connectivity index (χ4v) is 3.59. The average Bonchev–Trinajstić information content (AvgIpc) is 2.85. The van der Waals surface area contributed by atoms with Gasteiger partial charge in [0.1, 0.15) is 18.5 Å². The molecule has 3 rings (SSSR count). The largest absolute Gasteiger partial charge is 0.491 e. The Bertz CT molecular complexity index is 656. The third-order valence-electron chi connectivity index (χ3n) is 4.96. The summed E-state index contributed by atoms with van der Waals surface area (Å²) in [5, 5.41) is 10.3. The molecule has 5 nitrogen and oxygen atoms in total. The molecule has 0 saturated carbocycles. The summed E-state index contributed by atoms with van der Waals surface area (Å²) >= 11 is 0. The lowest BCUT2D eigenvalue weighted by Gasteiger charge is -2.20. The Morgan fingerprint density at radius 1 is 1.12 bits per heavy atom. The zero-order chi connectivity index (χ0) is 18.0. The SMILES string of the molecule is CC(C)c1ccccc1OC[C@H](O)CN1C(=O)[C@@H]2CC=CC[C@H]2C1=O. The minimum absolute atomic E-state index is 0.00544.